The lowest BCUT2D eigenvalue weighted by Crippen LogP contribution is -2.32. The van der Waals surface area contributed by atoms with Gasteiger partial charge in [0.05, 0.1) is 26.9 Å². The Morgan fingerprint density at radius 3 is 1.75 bits per heavy atom. The second-order valence-corrected chi connectivity index (χ2v) is 5.21. The number of aliphatic hydroxyl groups is 3. The molecule has 3 N–H and O–H groups in total. The van der Waals surface area contributed by atoms with E-state index < -0.39 is 5.41 Å². The molecule has 0 fully saturated rings. The van der Waals surface area contributed by atoms with Crippen LogP contribution in [0.2, 0.25) is 0 Å². The lowest BCUT2D eigenvalue weighted by atomic mass is 9.88. The Labute approximate surface area is 144 Å². The normalized spacial score (nSPS) is 9.58. The maximum absolute atomic E-state index is 10.2. The first kappa shape index (κ1) is 24.3. The standard InChI is InChI=1S/C8H8.C6H14O3.C5H8O2/c1-2-8-6-4-3-5-7-8;1-2-6(3-7,4-8)5-9;1-4(2)5(6)7-3/h2-7H,1H2;7-9H,2-5H2,1H3;1H2,2-3H3. The number of hydrogen-bond acceptors (Lipinski definition) is 5. The van der Waals surface area contributed by atoms with Crippen molar-refractivity contribution in [3.63, 3.8) is 0 Å². The van der Waals surface area contributed by atoms with E-state index >= 15 is 0 Å². The fraction of sp³-hybridized carbons (Fsp3) is 0.421. The average Bonchev–Trinajstić information content (AvgIpc) is 2.65. The van der Waals surface area contributed by atoms with Crippen molar-refractivity contribution >= 4 is 12.0 Å². The second kappa shape index (κ2) is 14.6. The van der Waals surface area contributed by atoms with Gasteiger partial charge >= 0.3 is 5.97 Å². The number of hydrogen-bond donors (Lipinski definition) is 3. The van der Waals surface area contributed by atoms with Crippen LogP contribution in [-0.4, -0.2) is 48.2 Å². The molecule has 0 saturated carbocycles. The van der Waals surface area contributed by atoms with Gasteiger partial charge in [0.25, 0.3) is 0 Å². The smallest absolute Gasteiger partial charge is 0.332 e. The van der Waals surface area contributed by atoms with Crippen LogP contribution in [-0.2, 0) is 9.53 Å². The van der Waals surface area contributed by atoms with Crippen molar-refractivity contribution in [2.75, 3.05) is 26.9 Å². The molecule has 5 heteroatoms. The topological polar surface area (TPSA) is 87.0 Å². The Morgan fingerprint density at radius 2 is 1.62 bits per heavy atom. The molecule has 0 unspecified atom stereocenters. The number of benzene rings is 1. The Bertz CT molecular complexity index is 446. The second-order valence-electron chi connectivity index (χ2n) is 5.21. The molecular weight excluding hydrogens is 308 g/mol. The fourth-order valence-electron chi connectivity index (χ4n) is 1.25. The van der Waals surface area contributed by atoms with Crippen LogP contribution in [0.25, 0.3) is 6.08 Å². The molecule has 0 aliphatic heterocycles. The van der Waals surface area contributed by atoms with Crippen LogP contribution in [0.4, 0.5) is 0 Å². The number of aliphatic hydroxyl groups excluding tert-OH is 3. The van der Waals surface area contributed by atoms with Crippen molar-refractivity contribution < 1.29 is 24.9 Å². The highest BCUT2D eigenvalue weighted by Gasteiger charge is 2.24. The zero-order valence-electron chi connectivity index (χ0n) is 14.9. The summed E-state index contributed by atoms with van der Waals surface area (Å²) in [4.78, 5) is 10.2. The molecule has 0 spiro atoms. The van der Waals surface area contributed by atoms with Gasteiger partial charge in [-0.1, -0.05) is 56.5 Å². The van der Waals surface area contributed by atoms with E-state index in [1.807, 2.05) is 43.3 Å². The zero-order valence-corrected chi connectivity index (χ0v) is 14.9. The monoisotopic (exact) mass is 338 g/mol. The maximum Gasteiger partial charge on any atom is 0.332 e. The molecule has 1 aromatic rings. The summed E-state index contributed by atoms with van der Waals surface area (Å²) in [5.74, 6) is -0.347. The molecule has 0 heterocycles. The number of esters is 1. The lowest BCUT2D eigenvalue weighted by Gasteiger charge is -2.24. The molecule has 0 radical (unpaired) electrons. The third kappa shape index (κ3) is 10.7. The number of carbonyl (C=O) groups excluding carboxylic acids is 1. The molecule has 5 nitrogen and oxygen atoms in total. The SMILES string of the molecule is C=C(C)C(=O)OC.C=Cc1ccccc1.CCC(CO)(CO)CO. The molecule has 0 aliphatic rings. The third-order valence-corrected chi connectivity index (χ3v) is 3.33. The van der Waals surface area contributed by atoms with E-state index in [9.17, 15) is 4.79 Å². The van der Waals surface area contributed by atoms with Gasteiger partial charge in [0, 0.05) is 11.0 Å². The Balaban J connectivity index is 0. The van der Waals surface area contributed by atoms with Gasteiger partial charge in [-0.2, -0.15) is 0 Å². The van der Waals surface area contributed by atoms with Crippen molar-refractivity contribution in [2.24, 2.45) is 5.41 Å². The van der Waals surface area contributed by atoms with Crippen LogP contribution in [0.3, 0.4) is 0 Å². The molecule has 0 amide bonds. The minimum absolute atomic E-state index is 0.156. The zero-order chi connectivity index (χ0) is 19.0. The summed E-state index contributed by atoms with van der Waals surface area (Å²) in [6.07, 6.45) is 2.43. The third-order valence-electron chi connectivity index (χ3n) is 3.33. The van der Waals surface area contributed by atoms with Gasteiger partial charge < -0.3 is 20.1 Å². The number of carbonyl (C=O) groups is 1. The summed E-state index contributed by atoms with van der Waals surface area (Å²) in [5, 5.41) is 26.0. The summed E-state index contributed by atoms with van der Waals surface area (Å²) in [7, 11) is 1.33. The minimum atomic E-state index is -0.667. The average molecular weight is 338 g/mol. The van der Waals surface area contributed by atoms with E-state index in [4.69, 9.17) is 15.3 Å². The van der Waals surface area contributed by atoms with Gasteiger partial charge in [0.2, 0.25) is 0 Å². The Hall–Kier alpha value is -1.95. The van der Waals surface area contributed by atoms with Gasteiger partial charge in [0.15, 0.2) is 0 Å². The molecule has 0 aromatic heterocycles. The van der Waals surface area contributed by atoms with Crippen molar-refractivity contribution in [3.8, 4) is 0 Å². The number of ether oxygens (including phenoxy) is 1. The van der Waals surface area contributed by atoms with E-state index in [0.717, 1.165) is 0 Å². The van der Waals surface area contributed by atoms with Gasteiger partial charge in [-0.25, -0.2) is 4.79 Å². The van der Waals surface area contributed by atoms with Gasteiger partial charge in [-0.15, -0.1) is 0 Å². The molecule has 0 atom stereocenters. The first-order valence-corrected chi connectivity index (χ1v) is 7.60. The van der Waals surface area contributed by atoms with E-state index in [-0.39, 0.29) is 25.8 Å². The molecule has 0 saturated heterocycles. The lowest BCUT2D eigenvalue weighted by molar-refractivity contribution is -0.136. The molecular formula is C19H30O5. The molecule has 0 aliphatic carbocycles. The molecule has 1 rings (SSSR count). The summed E-state index contributed by atoms with van der Waals surface area (Å²) in [6.45, 7) is 9.94. The van der Waals surface area contributed by atoms with E-state index in [2.05, 4.69) is 17.9 Å². The molecule has 136 valence electrons. The molecule has 1 aromatic carbocycles. The largest absolute Gasteiger partial charge is 0.466 e. The van der Waals surface area contributed by atoms with Crippen LogP contribution in [0.1, 0.15) is 25.8 Å². The summed E-state index contributed by atoms with van der Waals surface area (Å²) < 4.78 is 4.27. The minimum Gasteiger partial charge on any atom is -0.466 e. The predicted molar refractivity (Wildman–Crippen MR) is 97.3 cm³/mol. The highest BCUT2D eigenvalue weighted by molar-refractivity contribution is 5.86. The quantitative estimate of drug-likeness (QED) is 0.548. The van der Waals surface area contributed by atoms with Crippen LogP contribution in [0.5, 0.6) is 0 Å². The highest BCUT2D eigenvalue weighted by Crippen LogP contribution is 2.18. The van der Waals surface area contributed by atoms with Gasteiger partial charge in [0.1, 0.15) is 0 Å². The maximum atomic E-state index is 10.2. The molecule has 24 heavy (non-hydrogen) atoms. The predicted octanol–water partition coefficient (Wildman–Crippen LogP) is 2.42. The van der Waals surface area contributed by atoms with Gasteiger partial charge in [-0.05, 0) is 18.9 Å². The van der Waals surface area contributed by atoms with Crippen molar-refractivity contribution in [2.45, 2.75) is 20.3 Å². The van der Waals surface area contributed by atoms with Crippen LogP contribution < -0.4 is 0 Å². The van der Waals surface area contributed by atoms with Crippen molar-refractivity contribution in [1.82, 2.24) is 0 Å². The first-order chi connectivity index (χ1) is 11.4. The Morgan fingerprint density at radius 1 is 1.17 bits per heavy atom. The van der Waals surface area contributed by atoms with E-state index in [1.165, 1.54) is 12.7 Å². The molecule has 0 bridgehead atoms. The summed E-state index contributed by atoms with van der Waals surface area (Å²) in [6, 6.07) is 10.0. The highest BCUT2D eigenvalue weighted by atomic mass is 16.5. The fourth-order valence-corrected chi connectivity index (χ4v) is 1.25. The first-order valence-electron chi connectivity index (χ1n) is 7.60. The number of methoxy groups -OCH3 is 1. The summed E-state index contributed by atoms with van der Waals surface area (Å²) in [5.41, 5.74) is 0.940. The van der Waals surface area contributed by atoms with Crippen molar-refractivity contribution in [1.29, 1.82) is 0 Å². The van der Waals surface area contributed by atoms with Crippen molar-refractivity contribution in [3.05, 3.63) is 54.6 Å². The van der Waals surface area contributed by atoms with Crippen LogP contribution in [0, 0.1) is 5.41 Å². The Kier molecular flexibility index (Phi) is 14.8. The van der Waals surface area contributed by atoms with E-state index in [1.54, 1.807) is 6.92 Å². The van der Waals surface area contributed by atoms with E-state index in [0.29, 0.717) is 12.0 Å². The van der Waals surface area contributed by atoms with Crippen LogP contribution in [0.15, 0.2) is 49.1 Å². The number of rotatable bonds is 6. The summed E-state index contributed by atoms with van der Waals surface area (Å²) >= 11 is 0. The van der Waals surface area contributed by atoms with Crippen LogP contribution >= 0.6 is 0 Å². The van der Waals surface area contributed by atoms with Gasteiger partial charge in [-0.3, -0.25) is 0 Å².